The molecule has 0 heterocycles. The van der Waals surface area contributed by atoms with Gasteiger partial charge in [-0.05, 0) is 37.1 Å². The molecule has 21 heavy (non-hydrogen) atoms. The number of hydrogen-bond donors (Lipinski definition) is 1. The SMILES string of the molecule is COc1ccccc1CC(C)NCc1ccc(Br)cc1F. The molecule has 2 rings (SSSR count). The van der Waals surface area contributed by atoms with Crippen molar-refractivity contribution in [2.24, 2.45) is 0 Å². The van der Waals surface area contributed by atoms with Gasteiger partial charge in [0.25, 0.3) is 0 Å². The first-order valence-corrected chi connectivity index (χ1v) is 7.68. The molecule has 2 nitrogen and oxygen atoms in total. The van der Waals surface area contributed by atoms with E-state index in [1.165, 1.54) is 6.07 Å². The van der Waals surface area contributed by atoms with E-state index in [0.29, 0.717) is 12.1 Å². The predicted molar refractivity (Wildman–Crippen MR) is 87.1 cm³/mol. The molecule has 0 aromatic heterocycles. The average Bonchev–Trinajstić information content (AvgIpc) is 2.47. The van der Waals surface area contributed by atoms with Crippen LogP contribution in [0.1, 0.15) is 18.1 Å². The van der Waals surface area contributed by atoms with Crippen LogP contribution in [0.5, 0.6) is 5.75 Å². The van der Waals surface area contributed by atoms with E-state index < -0.39 is 0 Å². The molecule has 1 unspecified atom stereocenters. The molecule has 0 fully saturated rings. The van der Waals surface area contributed by atoms with E-state index >= 15 is 0 Å². The van der Waals surface area contributed by atoms with Gasteiger partial charge in [-0.15, -0.1) is 0 Å². The van der Waals surface area contributed by atoms with Crippen LogP contribution >= 0.6 is 15.9 Å². The third-order valence-electron chi connectivity index (χ3n) is 3.37. The molecule has 0 aliphatic heterocycles. The summed E-state index contributed by atoms with van der Waals surface area (Å²) in [5, 5.41) is 3.35. The minimum absolute atomic E-state index is 0.193. The summed E-state index contributed by atoms with van der Waals surface area (Å²) >= 11 is 3.26. The number of methoxy groups -OCH3 is 1. The fraction of sp³-hybridized carbons (Fsp3) is 0.294. The van der Waals surface area contributed by atoms with E-state index in [-0.39, 0.29) is 11.9 Å². The maximum absolute atomic E-state index is 13.8. The second kappa shape index (κ2) is 7.57. The lowest BCUT2D eigenvalue weighted by Gasteiger charge is -2.16. The Hall–Kier alpha value is -1.39. The van der Waals surface area contributed by atoms with Gasteiger partial charge in [0.1, 0.15) is 11.6 Å². The zero-order valence-electron chi connectivity index (χ0n) is 12.2. The van der Waals surface area contributed by atoms with Crippen molar-refractivity contribution in [2.45, 2.75) is 25.9 Å². The van der Waals surface area contributed by atoms with Crippen LogP contribution in [0.4, 0.5) is 4.39 Å². The number of hydrogen-bond acceptors (Lipinski definition) is 2. The zero-order chi connectivity index (χ0) is 15.2. The van der Waals surface area contributed by atoms with Crippen molar-refractivity contribution in [1.82, 2.24) is 5.32 Å². The van der Waals surface area contributed by atoms with Crippen LogP contribution in [-0.2, 0) is 13.0 Å². The molecule has 2 aromatic carbocycles. The minimum atomic E-state index is -0.193. The second-order valence-corrected chi connectivity index (χ2v) is 5.95. The van der Waals surface area contributed by atoms with E-state index in [4.69, 9.17) is 4.74 Å². The van der Waals surface area contributed by atoms with Gasteiger partial charge in [-0.25, -0.2) is 4.39 Å². The molecule has 0 saturated heterocycles. The first-order valence-electron chi connectivity index (χ1n) is 6.89. The van der Waals surface area contributed by atoms with E-state index in [9.17, 15) is 4.39 Å². The summed E-state index contributed by atoms with van der Waals surface area (Å²) in [6, 6.07) is 13.3. The quantitative estimate of drug-likeness (QED) is 0.836. The van der Waals surface area contributed by atoms with E-state index in [1.54, 1.807) is 13.2 Å². The summed E-state index contributed by atoms with van der Waals surface area (Å²) in [7, 11) is 1.67. The fourth-order valence-corrected chi connectivity index (χ4v) is 2.56. The highest BCUT2D eigenvalue weighted by Gasteiger charge is 2.09. The normalized spacial score (nSPS) is 12.2. The molecule has 0 aliphatic carbocycles. The molecule has 112 valence electrons. The average molecular weight is 352 g/mol. The fourth-order valence-electron chi connectivity index (χ4n) is 2.22. The van der Waals surface area contributed by atoms with Crippen LogP contribution in [0.15, 0.2) is 46.9 Å². The first-order chi connectivity index (χ1) is 10.1. The Morgan fingerprint density at radius 3 is 2.67 bits per heavy atom. The monoisotopic (exact) mass is 351 g/mol. The van der Waals surface area contributed by atoms with Crippen molar-refractivity contribution in [2.75, 3.05) is 7.11 Å². The highest BCUT2D eigenvalue weighted by atomic mass is 79.9. The third-order valence-corrected chi connectivity index (χ3v) is 3.87. The van der Waals surface area contributed by atoms with Crippen LogP contribution in [0.3, 0.4) is 0 Å². The number of ether oxygens (including phenoxy) is 1. The van der Waals surface area contributed by atoms with E-state index in [2.05, 4.69) is 34.2 Å². The summed E-state index contributed by atoms with van der Waals surface area (Å²) in [6.45, 7) is 2.60. The maximum atomic E-state index is 13.8. The Balaban J connectivity index is 1.94. The Morgan fingerprint density at radius 1 is 1.19 bits per heavy atom. The van der Waals surface area contributed by atoms with Gasteiger partial charge >= 0.3 is 0 Å². The van der Waals surface area contributed by atoms with E-state index in [1.807, 2.05) is 24.3 Å². The second-order valence-electron chi connectivity index (χ2n) is 5.03. The molecule has 0 radical (unpaired) electrons. The summed E-state index contributed by atoms with van der Waals surface area (Å²) in [5.41, 5.74) is 1.82. The van der Waals surface area contributed by atoms with Gasteiger partial charge in [0.05, 0.1) is 7.11 Å². The Labute approximate surface area is 133 Å². The molecule has 0 aliphatic rings. The topological polar surface area (TPSA) is 21.3 Å². The van der Waals surface area contributed by atoms with Gasteiger partial charge in [-0.3, -0.25) is 0 Å². The first kappa shape index (κ1) is 16.0. The standard InChI is InChI=1S/C17H19BrFNO/c1-12(9-13-5-3-4-6-17(13)21-2)20-11-14-7-8-15(18)10-16(14)19/h3-8,10,12,20H,9,11H2,1-2H3. The lowest BCUT2D eigenvalue weighted by Crippen LogP contribution is -2.28. The Morgan fingerprint density at radius 2 is 1.95 bits per heavy atom. The Bertz CT molecular complexity index is 603. The van der Waals surface area contributed by atoms with Crippen molar-refractivity contribution in [3.05, 3.63) is 63.9 Å². The van der Waals surface area contributed by atoms with Gasteiger partial charge in [-0.1, -0.05) is 40.2 Å². The predicted octanol–water partition coefficient (Wildman–Crippen LogP) is 4.32. The highest BCUT2D eigenvalue weighted by molar-refractivity contribution is 9.10. The molecule has 0 spiro atoms. The van der Waals surface area contributed by atoms with Crippen LogP contribution < -0.4 is 10.1 Å². The largest absolute Gasteiger partial charge is 0.496 e. The third kappa shape index (κ3) is 4.55. The lowest BCUT2D eigenvalue weighted by molar-refractivity contribution is 0.405. The van der Waals surface area contributed by atoms with Crippen molar-refractivity contribution in [3.63, 3.8) is 0 Å². The van der Waals surface area contributed by atoms with Gasteiger partial charge in [0.15, 0.2) is 0 Å². The molecule has 0 saturated carbocycles. The number of benzene rings is 2. The molecular weight excluding hydrogens is 333 g/mol. The van der Waals surface area contributed by atoms with Crippen LogP contribution in [0, 0.1) is 5.82 Å². The molecular formula is C17H19BrFNO. The smallest absolute Gasteiger partial charge is 0.128 e. The zero-order valence-corrected chi connectivity index (χ0v) is 13.8. The van der Waals surface area contributed by atoms with Crippen molar-refractivity contribution in [1.29, 1.82) is 0 Å². The molecule has 2 aromatic rings. The van der Waals surface area contributed by atoms with Crippen molar-refractivity contribution < 1.29 is 9.13 Å². The molecule has 0 bridgehead atoms. The maximum Gasteiger partial charge on any atom is 0.128 e. The number of para-hydroxylation sites is 1. The Kier molecular flexibility index (Phi) is 5.76. The minimum Gasteiger partial charge on any atom is -0.496 e. The van der Waals surface area contributed by atoms with Gasteiger partial charge in [-0.2, -0.15) is 0 Å². The molecule has 0 amide bonds. The van der Waals surface area contributed by atoms with Gasteiger partial charge in [0, 0.05) is 22.6 Å². The van der Waals surface area contributed by atoms with Crippen LogP contribution in [0.25, 0.3) is 0 Å². The molecule has 1 N–H and O–H groups in total. The lowest BCUT2D eigenvalue weighted by atomic mass is 10.1. The van der Waals surface area contributed by atoms with E-state index in [0.717, 1.165) is 22.2 Å². The molecule has 1 atom stereocenters. The van der Waals surface area contributed by atoms with Crippen LogP contribution in [-0.4, -0.2) is 13.2 Å². The summed E-state index contributed by atoms with van der Waals surface area (Å²) in [5.74, 6) is 0.697. The summed E-state index contributed by atoms with van der Waals surface area (Å²) in [4.78, 5) is 0. The van der Waals surface area contributed by atoms with Crippen molar-refractivity contribution >= 4 is 15.9 Å². The van der Waals surface area contributed by atoms with Gasteiger partial charge < -0.3 is 10.1 Å². The number of halogens is 2. The summed E-state index contributed by atoms with van der Waals surface area (Å²) in [6.07, 6.45) is 0.835. The van der Waals surface area contributed by atoms with Crippen LogP contribution in [0.2, 0.25) is 0 Å². The number of nitrogens with one attached hydrogen (secondary N) is 1. The number of rotatable bonds is 6. The highest BCUT2D eigenvalue weighted by Crippen LogP contribution is 2.19. The van der Waals surface area contributed by atoms with Crippen molar-refractivity contribution in [3.8, 4) is 5.75 Å². The van der Waals surface area contributed by atoms with Gasteiger partial charge in [0.2, 0.25) is 0 Å². The molecule has 4 heteroatoms. The summed E-state index contributed by atoms with van der Waals surface area (Å²) < 4.78 is 19.9.